The van der Waals surface area contributed by atoms with Gasteiger partial charge < -0.3 is 4.74 Å². The lowest BCUT2D eigenvalue weighted by atomic mass is 10.1. The van der Waals surface area contributed by atoms with Gasteiger partial charge in [0.05, 0.1) is 23.3 Å². The molecule has 0 aliphatic carbocycles. The summed E-state index contributed by atoms with van der Waals surface area (Å²) >= 11 is 0. The lowest BCUT2D eigenvalue weighted by molar-refractivity contribution is 0.0500. The highest BCUT2D eigenvalue weighted by atomic mass is 16.5. The van der Waals surface area contributed by atoms with E-state index >= 15 is 0 Å². The number of rotatable bonds is 5. The minimum Gasteiger partial charge on any atom is -0.462 e. The Labute approximate surface area is 139 Å². The number of esters is 1. The van der Waals surface area contributed by atoms with Crippen LogP contribution < -0.4 is 0 Å². The number of aryl methyl sites for hydroxylation is 1. The molecule has 1 aliphatic rings. The van der Waals surface area contributed by atoms with Crippen LogP contribution in [0.3, 0.4) is 0 Å². The number of fused-ring (bicyclic) bond motifs is 1. The second-order valence-corrected chi connectivity index (χ2v) is 5.53. The molecule has 0 radical (unpaired) electrons. The average Bonchev–Trinajstić information content (AvgIpc) is 2.83. The summed E-state index contributed by atoms with van der Waals surface area (Å²) in [4.78, 5) is 40.9. The monoisotopic (exact) mass is 324 g/mol. The van der Waals surface area contributed by atoms with Gasteiger partial charge in [-0.15, -0.1) is 0 Å². The molecule has 1 aromatic carbocycles. The second-order valence-electron chi connectivity index (χ2n) is 5.53. The van der Waals surface area contributed by atoms with Crippen molar-refractivity contribution < 1.29 is 19.1 Å². The van der Waals surface area contributed by atoms with Crippen molar-refractivity contribution in [2.24, 2.45) is 0 Å². The maximum Gasteiger partial charge on any atom is 0.338 e. The smallest absolute Gasteiger partial charge is 0.338 e. The number of carbonyl (C=O) groups is 3. The summed E-state index contributed by atoms with van der Waals surface area (Å²) in [6, 6.07) is 8.25. The third kappa shape index (κ3) is 3.03. The molecule has 24 heavy (non-hydrogen) atoms. The highest BCUT2D eigenvalue weighted by molar-refractivity contribution is 6.21. The van der Waals surface area contributed by atoms with E-state index in [0.29, 0.717) is 12.0 Å². The molecule has 0 saturated carbocycles. The summed E-state index contributed by atoms with van der Waals surface area (Å²) in [5.41, 5.74) is 1.91. The number of hydrogen-bond donors (Lipinski definition) is 0. The number of imide groups is 1. The minimum atomic E-state index is -0.501. The molecular formula is C18H16N2O4. The standard InChI is InChI=1S/C18H16N2O4/c1-20-16(21)14-7-6-13(10-15(14)17(20)22)18(23)24-9-3-5-12-4-2-8-19-11-12/h2,4,6-8,10-11H,3,5,9H2,1H3. The number of benzene rings is 1. The molecule has 0 spiro atoms. The van der Waals surface area contributed by atoms with E-state index in [1.807, 2.05) is 12.1 Å². The number of pyridine rings is 1. The van der Waals surface area contributed by atoms with Crippen molar-refractivity contribution in [1.29, 1.82) is 0 Å². The summed E-state index contributed by atoms with van der Waals surface area (Å²) in [6.45, 7) is 0.275. The van der Waals surface area contributed by atoms with E-state index in [2.05, 4.69) is 4.98 Å². The van der Waals surface area contributed by atoms with E-state index in [1.54, 1.807) is 12.4 Å². The van der Waals surface area contributed by atoms with Gasteiger partial charge in [-0.3, -0.25) is 19.5 Å². The van der Waals surface area contributed by atoms with Gasteiger partial charge in [0.1, 0.15) is 0 Å². The zero-order chi connectivity index (χ0) is 17.1. The Morgan fingerprint density at radius 1 is 1.17 bits per heavy atom. The molecule has 0 atom stereocenters. The molecule has 1 aliphatic heterocycles. The Hall–Kier alpha value is -3.02. The largest absolute Gasteiger partial charge is 0.462 e. The Balaban J connectivity index is 1.58. The van der Waals surface area contributed by atoms with E-state index in [0.717, 1.165) is 16.9 Å². The maximum absolute atomic E-state index is 12.1. The van der Waals surface area contributed by atoms with Crippen molar-refractivity contribution in [3.63, 3.8) is 0 Å². The van der Waals surface area contributed by atoms with Crippen LogP contribution in [0.4, 0.5) is 0 Å². The summed E-state index contributed by atoms with van der Waals surface area (Å²) in [5, 5.41) is 0. The van der Waals surface area contributed by atoms with Crippen molar-refractivity contribution in [3.05, 3.63) is 65.0 Å². The lowest BCUT2D eigenvalue weighted by Gasteiger charge is -2.06. The molecule has 2 aromatic rings. The molecule has 122 valence electrons. The zero-order valence-electron chi connectivity index (χ0n) is 13.2. The molecular weight excluding hydrogens is 308 g/mol. The van der Waals surface area contributed by atoms with E-state index < -0.39 is 11.9 Å². The molecule has 6 nitrogen and oxygen atoms in total. The van der Waals surface area contributed by atoms with Gasteiger partial charge in [0.15, 0.2) is 0 Å². The molecule has 0 saturated heterocycles. The zero-order valence-corrected chi connectivity index (χ0v) is 13.2. The molecule has 0 unspecified atom stereocenters. The van der Waals surface area contributed by atoms with Gasteiger partial charge in [-0.05, 0) is 42.7 Å². The molecule has 1 aromatic heterocycles. The predicted molar refractivity (Wildman–Crippen MR) is 85.7 cm³/mol. The topological polar surface area (TPSA) is 76.6 Å². The van der Waals surface area contributed by atoms with Crippen LogP contribution in [0.5, 0.6) is 0 Å². The molecule has 2 amide bonds. The van der Waals surface area contributed by atoms with Gasteiger partial charge in [-0.2, -0.15) is 0 Å². The molecule has 3 rings (SSSR count). The molecule has 0 bridgehead atoms. The average molecular weight is 324 g/mol. The number of carbonyl (C=O) groups excluding carboxylic acids is 3. The number of amides is 2. The summed E-state index contributed by atoms with van der Waals surface area (Å²) in [7, 11) is 1.42. The third-order valence-electron chi connectivity index (χ3n) is 3.89. The number of aromatic nitrogens is 1. The summed E-state index contributed by atoms with van der Waals surface area (Å²) < 4.78 is 5.23. The molecule has 0 N–H and O–H groups in total. The Kier molecular flexibility index (Phi) is 4.37. The van der Waals surface area contributed by atoms with Gasteiger partial charge in [0.2, 0.25) is 0 Å². The van der Waals surface area contributed by atoms with E-state index in [-0.39, 0.29) is 23.6 Å². The van der Waals surface area contributed by atoms with Crippen molar-refractivity contribution in [2.45, 2.75) is 12.8 Å². The first-order valence-corrected chi connectivity index (χ1v) is 7.60. The normalized spacial score (nSPS) is 13.1. The number of nitrogens with zero attached hydrogens (tertiary/aromatic N) is 2. The quantitative estimate of drug-likeness (QED) is 0.478. The first kappa shape index (κ1) is 15.9. The molecule has 0 fully saturated rings. The van der Waals surface area contributed by atoms with Crippen molar-refractivity contribution >= 4 is 17.8 Å². The van der Waals surface area contributed by atoms with Gasteiger partial charge in [-0.1, -0.05) is 6.07 Å². The Morgan fingerprint density at radius 2 is 1.96 bits per heavy atom. The first-order chi connectivity index (χ1) is 11.6. The fourth-order valence-electron chi connectivity index (χ4n) is 2.56. The van der Waals surface area contributed by atoms with E-state index in [9.17, 15) is 14.4 Å². The second kappa shape index (κ2) is 6.62. The minimum absolute atomic E-state index is 0.243. The van der Waals surface area contributed by atoms with Crippen molar-refractivity contribution in [1.82, 2.24) is 9.88 Å². The van der Waals surface area contributed by atoms with E-state index in [4.69, 9.17) is 4.74 Å². The third-order valence-corrected chi connectivity index (χ3v) is 3.89. The van der Waals surface area contributed by atoms with Crippen LogP contribution >= 0.6 is 0 Å². The van der Waals surface area contributed by atoms with E-state index in [1.165, 1.54) is 25.2 Å². The van der Waals surface area contributed by atoms with Gasteiger partial charge in [0, 0.05) is 19.4 Å². The van der Waals surface area contributed by atoms with Crippen molar-refractivity contribution in [2.75, 3.05) is 13.7 Å². The highest BCUT2D eigenvalue weighted by Gasteiger charge is 2.33. The highest BCUT2D eigenvalue weighted by Crippen LogP contribution is 2.23. The van der Waals surface area contributed by atoms with Crippen LogP contribution in [-0.4, -0.2) is 41.3 Å². The van der Waals surface area contributed by atoms with Crippen LogP contribution in [-0.2, 0) is 11.2 Å². The Bertz CT molecular complexity index is 802. The number of ether oxygens (including phenoxy) is 1. The van der Waals surface area contributed by atoms with Crippen LogP contribution in [0.1, 0.15) is 43.1 Å². The SMILES string of the molecule is CN1C(=O)c2ccc(C(=O)OCCCc3cccnc3)cc2C1=O. The molecule has 2 heterocycles. The predicted octanol–water partition coefficient (Wildman–Crippen LogP) is 2.10. The van der Waals surface area contributed by atoms with Gasteiger partial charge in [0.25, 0.3) is 11.8 Å². The fourth-order valence-corrected chi connectivity index (χ4v) is 2.56. The van der Waals surface area contributed by atoms with Crippen LogP contribution in [0, 0.1) is 0 Å². The van der Waals surface area contributed by atoms with Crippen LogP contribution in [0.2, 0.25) is 0 Å². The van der Waals surface area contributed by atoms with Crippen LogP contribution in [0.25, 0.3) is 0 Å². The maximum atomic E-state index is 12.1. The lowest BCUT2D eigenvalue weighted by Crippen LogP contribution is -2.24. The van der Waals surface area contributed by atoms with Crippen molar-refractivity contribution in [3.8, 4) is 0 Å². The van der Waals surface area contributed by atoms with Crippen LogP contribution in [0.15, 0.2) is 42.7 Å². The fraction of sp³-hybridized carbons (Fsp3) is 0.222. The Morgan fingerprint density at radius 3 is 2.71 bits per heavy atom. The summed E-state index contributed by atoms with van der Waals surface area (Å²) in [5.74, 6) is -1.26. The first-order valence-electron chi connectivity index (χ1n) is 7.60. The summed E-state index contributed by atoms with van der Waals surface area (Å²) in [6.07, 6.45) is 4.94. The number of hydrogen-bond acceptors (Lipinski definition) is 5. The molecule has 6 heteroatoms. The van der Waals surface area contributed by atoms with Gasteiger partial charge in [-0.25, -0.2) is 4.79 Å². The van der Waals surface area contributed by atoms with Gasteiger partial charge >= 0.3 is 5.97 Å².